The summed E-state index contributed by atoms with van der Waals surface area (Å²) in [5.41, 5.74) is 4.99. The fraction of sp³-hybridized carbons (Fsp3) is 0.286. The van der Waals surface area contributed by atoms with Gasteiger partial charge in [-0.2, -0.15) is 5.10 Å². The number of carbonyl (C=O) groups excluding carboxylic acids is 2. The van der Waals surface area contributed by atoms with E-state index < -0.39 is 17.4 Å². The Labute approximate surface area is 152 Å². The molecular formula is C21H20N2O3. The van der Waals surface area contributed by atoms with Crippen LogP contribution < -0.4 is 5.43 Å². The van der Waals surface area contributed by atoms with Gasteiger partial charge in [-0.05, 0) is 30.9 Å². The van der Waals surface area contributed by atoms with Gasteiger partial charge in [0.05, 0.1) is 12.5 Å². The molecule has 2 aromatic carbocycles. The van der Waals surface area contributed by atoms with Gasteiger partial charge in [0, 0.05) is 5.56 Å². The molecule has 4 rings (SSSR count). The third-order valence-electron chi connectivity index (χ3n) is 5.22. The molecule has 1 spiro atoms. The van der Waals surface area contributed by atoms with Gasteiger partial charge < -0.3 is 4.74 Å². The Morgan fingerprint density at radius 1 is 1.19 bits per heavy atom. The molecule has 2 aliphatic rings. The number of carbonyl (C=O) groups is 2. The van der Waals surface area contributed by atoms with E-state index in [9.17, 15) is 9.59 Å². The Hall–Kier alpha value is -2.95. The van der Waals surface area contributed by atoms with E-state index in [1.54, 1.807) is 6.92 Å². The van der Waals surface area contributed by atoms with Crippen LogP contribution in [-0.4, -0.2) is 29.6 Å². The molecule has 0 saturated carbocycles. The number of nitrogens with zero attached hydrogens (tertiary/aromatic N) is 1. The van der Waals surface area contributed by atoms with Crippen molar-refractivity contribution in [3.8, 4) is 0 Å². The summed E-state index contributed by atoms with van der Waals surface area (Å²) < 4.78 is 5.20. The van der Waals surface area contributed by atoms with Crippen molar-refractivity contribution in [1.82, 2.24) is 5.43 Å². The second-order valence-electron chi connectivity index (χ2n) is 6.63. The van der Waals surface area contributed by atoms with Crippen LogP contribution in [0.1, 0.15) is 40.7 Å². The number of ketones is 1. The van der Waals surface area contributed by atoms with Crippen LogP contribution in [0.3, 0.4) is 0 Å². The number of aryl methyl sites for hydroxylation is 1. The van der Waals surface area contributed by atoms with E-state index in [1.807, 2.05) is 54.6 Å². The van der Waals surface area contributed by atoms with Crippen molar-refractivity contribution >= 4 is 17.5 Å². The molecule has 26 heavy (non-hydrogen) atoms. The van der Waals surface area contributed by atoms with Crippen LogP contribution in [-0.2, 0) is 16.0 Å². The highest BCUT2D eigenvalue weighted by Gasteiger charge is 2.55. The molecule has 1 heterocycles. The van der Waals surface area contributed by atoms with Crippen molar-refractivity contribution in [2.24, 2.45) is 5.10 Å². The van der Waals surface area contributed by atoms with Crippen LogP contribution in [0.5, 0.6) is 0 Å². The maximum Gasteiger partial charge on any atom is 0.355 e. The number of hydrazone groups is 1. The molecule has 0 bridgehead atoms. The zero-order chi connectivity index (χ0) is 18.1. The van der Waals surface area contributed by atoms with Gasteiger partial charge in [0.2, 0.25) is 0 Å². The van der Waals surface area contributed by atoms with E-state index in [-0.39, 0.29) is 18.1 Å². The first-order valence-electron chi connectivity index (χ1n) is 8.87. The number of Topliss-reactive ketones (excluding diaryl/α,β-unsaturated/α-hetero) is 1. The minimum atomic E-state index is -0.947. The first kappa shape index (κ1) is 16.5. The van der Waals surface area contributed by atoms with Gasteiger partial charge >= 0.3 is 5.97 Å². The number of benzene rings is 2. The molecule has 0 radical (unpaired) electrons. The normalized spacial score (nSPS) is 24.0. The minimum absolute atomic E-state index is 0.0174. The Bertz CT molecular complexity index is 891. The zero-order valence-electron chi connectivity index (χ0n) is 14.6. The Balaban J connectivity index is 1.82. The first-order chi connectivity index (χ1) is 12.7. The van der Waals surface area contributed by atoms with Crippen molar-refractivity contribution in [3.63, 3.8) is 0 Å². The molecule has 0 unspecified atom stereocenters. The fourth-order valence-electron chi connectivity index (χ4n) is 4.01. The molecule has 2 atom stereocenters. The lowest BCUT2D eigenvalue weighted by Crippen LogP contribution is -2.55. The van der Waals surface area contributed by atoms with E-state index in [4.69, 9.17) is 4.74 Å². The number of esters is 1. The third-order valence-corrected chi connectivity index (χ3v) is 5.22. The third kappa shape index (κ3) is 2.43. The van der Waals surface area contributed by atoms with Gasteiger partial charge in [-0.15, -0.1) is 0 Å². The maximum atomic E-state index is 13.5. The summed E-state index contributed by atoms with van der Waals surface area (Å²) in [5, 5.41) is 4.28. The van der Waals surface area contributed by atoms with Gasteiger partial charge in [-0.25, -0.2) is 4.79 Å². The molecule has 0 amide bonds. The van der Waals surface area contributed by atoms with Crippen molar-refractivity contribution in [2.75, 3.05) is 6.61 Å². The lowest BCUT2D eigenvalue weighted by Gasteiger charge is -2.37. The van der Waals surface area contributed by atoms with Crippen LogP contribution in [0.2, 0.25) is 0 Å². The quantitative estimate of drug-likeness (QED) is 0.866. The smallest absolute Gasteiger partial charge is 0.355 e. The van der Waals surface area contributed by atoms with Crippen LogP contribution >= 0.6 is 0 Å². The topological polar surface area (TPSA) is 67.8 Å². The molecular weight excluding hydrogens is 328 g/mol. The van der Waals surface area contributed by atoms with Crippen molar-refractivity contribution in [1.29, 1.82) is 0 Å². The second-order valence-corrected chi connectivity index (χ2v) is 6.63. The molecule has 5 heteroatoms. The Morgan fingerprint density at radius 3 is 2.69 bits per heavy atom. The predicted octanol–water partition coefficient (Wildman–Crippen LogP) is 2.86. The highest BCUT2D eigenvalue weighted by Crippen LogP contribution is 2.43. The van der Waals surface area contributed by atoms with Gasteiger partial charge in [0.15, 0.2) is 11.5 Å². The molecule has 132 valence electrons. The van der Waals surface area contributed by atoms with Crippen LogP contribution in [0, 0.1) is 0 Å². The maximum absolute atomic E-state index is 13.5. The van der Waals surface area contributed by atoms with Gasteiger partial charge in [0.1, 0.15) is 5.54 Å². The van der Waals surface area contributed by atoms with Gasteiger partial charge in [0.25, 0.3) is 0 Å². The van der Waals surface area contributed by atoms with E-state index in [1.165, 1.54) is 0 Å². The summed E-state index contributed by atoms with van der Waals surface area (Å²) in [6.07, 6.45) is 1.33. The molecule has 0 saturated heterocycles. The molecule has 0 aromatic heterocycles. The number of fused-ring (bicyclic) bond motifs is 1. The molecule has 0 fully saturated rings. The van der Waals surface area contributed by atoms with Crippen molar-refractivity contribution in [3.05, 3.63) is 71.3 Å². The fourth-order valence-corrected chi connectivity index (χ4v) is 4.01. The highest BCUT2D eigenvalue weighted by molar-refractivity contribution is 6.40. The number of hydrogen-bond acceptors (Lipinski definition) is 5. The molecule has 2 aromatic rings. The number of ether oxygens (including phenoxy) is 1. The molecule has 5 nitrogen and oxygen atoms in total. The summed E-state index contributed by atoms with van der Waals surface area (Å²) in [7, 11) is 0. The average Bonchev–Trinajstić information content (AvgIpc) is 3.06. The first-order valence-corrected chi connectivity index (χ1v) is 8.87. The van der Waals surface area contributed by atoms with Crippen LogP contribution in [0.25, 0.3) is 0 Å². The highest BCUT2D eigenvalue weighted by atomic mass is 16.5. The largest absolute Gasteiger partial charge is 0.461 e. The van der Waals surface area contributed by atoms with Crippen molar-refractivity contribution < 1.29 is 14.3 Å². The second kappa shape index (κ2) is 6.41. The van der Waals surface area contributed by atoms with Gasteiger partial charge in [-0.3, -0.25) is 10.2 Å². The van der Waals surface area contributed by atoms with E-state index in [2.05, 4.69) is 10.5 Å². The predicted molar refractivity (Wildman–Crippen MR) is 98.2 cm³/mol. The summed E-state index contributed by atoms with van der Waals surface area (Å²) in [6.45, 7) is 2.03. The molecule has 1 N–H and O–H groups in total. The van der Waals surface area contributed by atoms with Crippen molar-refractivity contribution in [2.45, 2.75) is 31.2 Å². The summed E-state index contributed by atoms with van der Waals surface area (Å²) >= 11 is 0. The minimum Gasteiger partial charge on any atom is -0.461 e. The van der Waals surface area contributed by atoms with E-state index in [0.29, 0.717) is 12.0 Å². The molecule has 1 aliphatic carbocycles. The van der Waals surface area contributed by atoms with Gasteiger partial charge in [-0.1, -0.05) is 54.6 Å². The van der Waals surface area contributed by atoms with Crippen LogP contribution in [0.4, 0.5) is 0 Å². The Kier molecular flexibility index (Phi) is 4.07. The van der Waals surface area contributed by atoms with E-state index in [0.717, 1.165) is 17.5 Å². The Morgan fingerprint density at radius 2 is 1.92 bits per heavy atom. The lowest BCUT2D eigenvalue weighted by molar-refractivity contribution is -0.135. The van der Waals surface area contributed by atoms with Crippen LogP contribution in [0.15, 0.2) is 59.7 Å². The monoisotopic (exact) mass is 348 g/mol. The summed E-state index contributed by atoms with van der Waals surface area (Å²) in [4.78, 5) is 26.0. The summed E-state index contributed by atoms with van der Waals surface area (Å²) in [5.74, 6) is -0.961. The standard InChI is InChI=1S/C21H20N2O3/c1-2-26-20(25)18-17(15-9-4-3-5-10-15)21(23-22-18)13-12-14-8-6-7-11-16(14)19(21)24/h3-11,17,23H,2,12-13H2,1H3/t17-,21-/m1/s1. The SMILES string of the molecule is CCOC(=O)C1=NN[C@]2(CCc3ccccc3C2=O)[C@@H]1c1ccccc1. The average molecular weight is 348 g/mol. The number of nitrogens with one attached hydrogen (secondary N) is 1. The number of rotatable bonds is 3. The van der Waals surface area contributed by atoms with E-state index >= 15 is 0 Å². The lowest BCUT2D eigenvalue weighted by atomic mass is 9.67. The summed E-state index contributed by atoms with van der Waals surface area (Å²) in [6, 6.07) is 17.2. The number of hydrogen-bond donors (Lipinski definition) is 1. The zero-order valence-corrected chi connectivity index (χ0v) is 14.6. The molecule has 1 aliphatic heterocycles.